The molecule has 0 spiro atoms. The van der Waals surface area contributed by atoms with Crippen molar-refractivity contribution in [3.05, 3.63) is 65.5 Å². The van der Waals surface area contributed by atoms with Crippen LogP contribution in [0.3, 0.4) is 0 Å². The largest absolute Gasteiger partial charge is 0.475 e. The van der Waals surface area contributed by atoms with Gasteiger partial charge < -0.3 is 30.2 Å². The maximum atomic E-state index is 13.1. The second kappa shape index (κ2) is 10.8. The van der Waals surface area contributed by atoms with E-state index in [1.807, 2.05) is 19.1 Å². The molecule has 0 radical (unpaired) electrons. The van der Waals surface area contributed by atoms with Gasteiger partial charge in [0.05, 0.1) is 32.0 Å². The first-order chi connectivity index (χ1) is 18.6. The average Bonchev–Trinajstić information content (AvgIpc) is 2.92. The molecule has 2 saturated heterocycles. The fraction of sp³-hybridized carbons (Fsp3) is 0.370. The number of morpholine rings is 1. The summed E-state index contributed by atoms with van der Waals surface area (Å²) >= 11 is 0. The Labute approximate surface area is 223 Å². The van der Waals surface area contributed by atoms with Gasteiger partial charge in [-0.1, -0.05) is 6.07 Å². The second-order valence-corrected chi connectivity index (χ2v) is 9.71. The Balaban J connectivity index is 1.43. The minimum Gasteiger partial charge on any atom is -0.475 e. The fourth-order valence-corrected chi connectivity index (χ4v) is 4.28. The van der Waals surface area contributed by atoms with Crippen LogP contribution in [0.1, 0.15) is 21.6 Å². The number of anilines is 2. The standard InChI is InChI=1S/C27H28F3N5O4/c1-17-2-3-20(33-25(36)18-4-5-32-22(10-18)27(28,29)30)13-21(17)19-11-23(35-6-8-37-9-7-35)34-24(12-19)39-16-26(31)14-38-15-26/h2-5,10-13H,6-9,14-16,31H2,1H3,(H,33,36). The number of carbonyl (C=O) groups excluding carboxylic acids is 1. The number of nitrogens with zero attached hydrogens (tertiary/aromatic N) is 3. The molecule has 0 saturated carbocycles. The molecule has 39 heavy (non-hydrogen) atoms. The SMILES string of the molecule is Cc1ccc(NC(=O)c2ccnc(C(F)(F)F)c2)cc1-c1cc(OCC2(N)COC2)nc(N2CCOCC2)c1. The Bertz CT molecular complexity index is 1360. The number of amides is 1. The van der Waals surface area contributed by atoms with Crippen molar-refractivity contribution in [2.45, 2.75) is 18.6 Å². The molecule has 0 aliphatic carbocycles. The van der Waals surface area contributed by atoms with Crippen LogP contribution in [0, 0.1) is 6.92 Å². The van der Waals surface area contributed by atoms with Gasteiger partial charge in [-0.05, 0) is 53.9 Å². The molecule has 12 heteroatoms. The summed E-state index contributed by atoms with van der Waals surface area (Å²) in [6.45, 7) is 5.49. The van der Waals surface area contributed by atoms with Gasteiger partial charge in [-0.2, -0.15) is 18.2 Å². The lowest BCUT2D eigenvalue weighted by Gasteiger charge is -2.37. The summed E-state index contributed by atoms with van der Waals surface area (Å²) in [5, 5.41) is 2.69. The number of hydrogen-bond donors (Lipinski definition) is 2. The van der Waals surface area contributed by atoms with Crippen molar-refractivity contribution in [1.29, 1.82) is 0 Å². The maximum Gasteiger partial charge on any atom is 0.433 e. The lowest BCUT2D eigenvalue weighted by atomic mass is 10.00. The molecule has 5 rings (SSSR count). The van der Waals surface area contributed by atoms with Gasteiger partial charge in [-0.25, -0.2) is 0 Å². The van der Waals surface area contributed by atoms with Gasteiger partial charge >= 0.3 is 6.18 Å². The van der Waals surface area contributed by atoms with Gasteiger partial charge in [-0.3, -0.25) is 9.78 Å². The van der Waals surface area contributed by atoms with E-state index in [4.69, 9.17) is 24.9 Å². The zero-order chi connectivity index (χ0) is 27.6. The summed E-state index contributed by atoms with van der Waals surface area (Å²) in [5.74, 6) is 0.435. The fourth-order valence-electron chi connectivity index (χ4n) is 4.28. The lowest BCUT2D eigenvalue weighted by molar-refractivity contribution is -0.141. The molecule has 2 fully saturated rings. The third kappa shape index (κ3) is 6.29. The number of halogens is 3. The highest BCUT2D eigenvalue weighted by Gasteiger charge is 2.35. The molecular weight excluding hydrogens is 515 g/mol. The Hall–Kier alpha value is -3.74. The third-order valence-electron chi connectivity index (χ3n) is 6.53. The average molecular weight is 544 g/mol. The monoisotopic (exact) mass is 543 g/mol. The van der Waals surface area contributed by atoms with Crippen LogP contribution in [0.4, 0.5) is 24.7 Å². The van der Waals surface area contributed by atoms with Crippen molar-refractivity contribution < 1.29 is 32.2 Å². The van der Waals surface area contributed by atoms with Crippen LogP contribution in [-0.2, 0) is 15.7 Å². The summed E-state index contributed by atoms with van der Waals surface area (Å²) in [6.07, 6.45) is -3.69. The van der Waals surface area contributed by atoms with Crippen LogP contribution in [0.2, 0.25) is 0 Å². The molecule has 1 aromatic carbocycles. The van der Waals surface area contributed by atoms with Crippen molar-refractivity contribution in [3.8, 4) is 17.0 Å². The van der Waals surface area contributed by atoms with Crippen molar-refractivity contribution in [2.75, 3.05) is 56.3 Å². The smallest absolute Gasteiger partial charge is 0.433 e. The minimum absolute atomic E-state index is 0.149. The molecule has 2 aliphatic rings. The van der Waals surface area contributed by atoms with Crippen LogP contribution in [0.25, 0.3) is 11.1 Å². The van der Waals surface area contributed by atoms with Gasteiger partial charge in [0.15, 0.2) is 0 Å². The molecular formula is C27H28F3N5O4. The molecule has 0 atom stereocenters. The molecule has 9 nitrogen and oxygen atoms in total. The Morgan fingerprint density at radius 2 is 1.90 bits per heavy atom. The van der Waals surface area contributed by atoms with Crippen LogP contribution >= 0.6 is 0 Å². The third-order valence-corrected chi connectivity index (χ3v) is 6.53. The lowest BCUT2D eigenvalue weighted by Crippen LogP contribution is -2.61. The number of rotatable bonds is 7. The molecule has 2 aromatic heterocycles. The topological polar surface area (TPSA) is 112 Å². The summed E-state index contributed by atoms with van der Waals surface area (Å²) in [6, 6.07) is 11.0. The number of hydrogen-bond acceptors (Lipinski definition) is 8. The van der Waals surface area contributed by atoms with Gasteiger partial charge in [0.1, 0.15) is 18.1 Å². The number of nitrogens with two attached hydrogens (primary N) is 1. The predicted molar refractivity (Wildman–Crippen MR) is 138 cm³/mol. The quantitative estimate of drug-likeness (QED) is 0.465. The van der Waals surface area contributed by atoms with Crippen molar-refractivity contribution >= 4 is 17.4 Å². The maximum absolute atomic E-state index is 13.1. The van der Waals surface area contributed by atoms with Crippen molar-refractivity contribution in [1.82, 2.24) is 9.97 Å². The molecule has 206 valence electrons. The highest BCUT2D eigenvalue weighted by molar-refractivity contribution is 6.04. The van der Waals surface area contributed by atoms with E-state index >= 15 is 0 Å². The molecule has 3 N–H and O–H groups in total. The van der Waals surface area contributed by atoms with Gasteiger partial charge in [0.25, 0.3) is 5.91 Å². The highest BCUT2D eigenvalue weighted by Crippen LogP contribution is 2.33. The number of alkyl halides is 3. The van der Waals surface area contributed by atoms with Crippen LogP contribution in [0.15, 0.2) is 48.7 Å². The summed E-state index contributed by atoms with van der Waals surface area (Å²) in [5.41, 5.74) is 7.34. The summed E-state index contributed by atoms with van der Waals surface area (Å²) < 4.78 is 55.8. The number of carbonyl (C=O) groups is 1. The van der Waals surface area contributed by atoms with Gasteiger partial charge in [0.2, 0.25) is 5.88 Å². The Kier molecular flexibility index (Phi) is 7.43. The van der Waals surface area contributed by atoms with Crippen LogP contribution in [-0.4, -0.2) is 67.5 Å². The zero-order valence-electron chi connectivity index (χ0n) is 21.3. The van der Waals surface area contributed by atoms with Gasteiger partial charge in [-0.15, -0.1) is 0 Å². The predicted octanol–water partition coefficient (Wildman–Crippen LogP) is 3.67. The number of aromatic nitrogens is 2. The zero-order valence-corrected chi connectivity index (χ0v) is 21.3. The van der Waals surface area contributed by atoms with E-state index in [1.54, 1.807) is 18.2 Å². The number of aryl methyl sites for hydroxylation is 1. The van der Waals surface area contributed by atoms with Gasteiger partial charge in [0, 0.05) is 36.6 Å². The first-order valence-corrected chi connectivity index (χ1v) is 12.4. The van der Waals surface area contributed by atoms with Crippen molar-refractivity contribution in [3.63, 3.8) is 0 Å². The van der Waals surface area contributed by atoms with E-state index < -0.39 is 23.3 Å². The number of nitrogens with one attached hydrogen (secondary N) is 1. The normalized spacial score (nSPS) is 16.9. The minimum atomic E-state index is -4.65. The van der Waals surface area contributed by atoms with E-state index in [0.29, 0.717) is 56.9 Å². The van der Waals surface area contributed by atoms with Crippen LogP contribution in [0.5, 0.6) is 5.88 Å². The molecule has 0 bridgehead atoms. The van der Waals surface area contributed by atoms with E-state index in [1.165, 1.54) is 6.07 Å². The van der Waals surface area contributed by atoms with E-state index in [0.717, 1.165) is 29.0 Å². The molecule has 0 unspecified atom stereocenters. The molecule has 1 amide bonds. The molecule has 4 heterocycles. The number of benzene rings is 1. The summed E-state index contributed by atoms with van der Waals surface area (Å²) in [7, 11) is 0. The van der Waals surface area contributed by atoms with Crippen molar-refractivity contribution in [2.24, 2.45) is 5.73 Å². The second-order valence-electron chi connectivity index (χ2n) is 9.71. The first kappa shape index (κ1) is 26.9. The first-order valence-electron chi connectivity index (χ1n) is 12.4. The highest BCUT2D eigenvalue weighted by atomic mass is 19.4. The molecule has 2 aliphatic heterocycles. The van der Waals surface area contributed by atoms with E-state index in [-0.39, 0.29) is 12.2 Å². The summed E-state index contributed by atoms with van der Waals surface area (Å²) in [4.78, 5) is 22.9. The van der Waals surface area contributed by atoms with Crippen LogP contribution < -0.4 is 20.7 Å². The Morgan fingerprint density at radius 3 is 2.59 bits per heavy atom. The molecule has 3 aromatic rings. The number of ether oxygens (including phenoxy) is 3. The van der Waals surface area contributed by atoms with E-state index in [9.17, 15) is 18.0 Å². The Morgan fingerprint density at radius 1 is 1.13 bits per heavy atom. The number of pyridine rings is 2. The van der Waals surface area contributed by atoms with E-state index in [2.05, 4.69) is 15.2 Å².